The fourth-order valence-electron chi connectivity index (χ4n) is 1.67. The highest BCUT2D eigenvalue weighted by atomic mass is 16.4. The number of aryl methyl sites for hydroxylation is 2. The Morgan fingerprint density at radius 2 is 2.24 bits per heavy atom. The topological polar surface area (TPSA) is 55.9 Å². The summed E-state index contributed by atoms with van der Waals surface area (Å²) in [7, 11) is 1.92. The summed E-state index contributed by atoms with van der Waals surface area (Å²) in [5.41, 5.74) is 2.03. The van der Waals surface area contributed by atoms with Crippen LogP contribution in [-0.4, -0.2) is 21.3 Å². The van der Waals surface area contributed by atoms with Crippen molar-refractivity contribution < 1.29 is 4.42 Å². The first-order valence-corrected chi connectivity index (χ1v) is 5.93. The summed E-state index contributed by atoms with van der Waals surface area (Å²) in [6.07, 6.45) is 2.68. The van der Waals surface area contributed by atoms with E-state index in [1.54, 1.807) is 6.20 Å². The molecule has 2 aromatic heterocycles. The lowest BCUT2D eigenvalue weighted by Crippen LogP contribution is -2.11. The lowest BCUT2D eigenvalue weighted by Gasteiger charge is -1.97. The van der Waals surface area contributed by atoms with Crippen molar-refractivity contribution >= 4 is 0 Å². The number of hydrogen-bond acceptors (Lipinski definition) is 4. The zero-order valence-electron chi connectivity index (χ0n) is 10.5. The van der Waals surface area contributed by atoms with Crippen molar-refractivity contribution in [3.8, 4) is 11.5 Å². The molecule has 1 N–H and O–H groups in total. The summed E-state index contributed by atoms with van der Waals surface area (Å²) in [5, 5.41) is 7.57. The lowest BCUT2D eigenvalue weighted by atomic mass is 10.3. The van der Waals surface area contributed by atoms with Crippen LogP contribution < -0.4 is 5.32 Å². The third-order valence-corrected chi connectivity index (χ3v) is 2.62. The Balaban J connectivity index is 2.20. The van der Waals surface area contributed by atoms with Crippen LogP contribution in [0.1, 0.15) is 25.4 Å². The molecule has 0 spiro atoms. The normalized spacial score (nSPS) is 11.0. The molecule has 0 saturated heterocycles. The molecule has 2 rings (SSSR count). The molecule has 2 heterocycles. The summed E-state index contributed by atoms with van der Waals surface area (Å²) < 4.78 is 7.51. The van der Waals surface area contributed by atoms with Crippen LogP contribution in [0.4, 0.5) is 0 Å². The SMILES string of the molecule is CCNCc1ncc(-c2cc(CC)nn2C)o1. The second-order valence-electron chi connectivity index (χ2n) is 3.90. The van der Waals surface area contributed by atoms with Crippen LogP contribution >= 0.6 is 0 Å². The largest absolute Gasteiger partial charge is 0.438 e. The fourth-order valence-corrected chi connectivity index (χ4v) is 1.67. The van der Waals surface area contributed by atoms with E-state index in [1.807, 2.05) is 17.8 Å². The average Bonchev–Trinajstić information content (AvgIpc) is 2.92. The minimum atomic E-state index is 0.662. The molecular formula is C12H18N4O. The molecule has 0 fully saturated rings. The third-order valence-electron chi connectivity index (χ3n) is 2.62. The van der Waals surface area contributed by atoms with Crippen LogP contribution in [0, 0.1) is 0 Å². The summed E-state index contributed by atoms with van der Waals surface area (Å²) >= 11 is 0. The second-order valence-corrected chi connectivity index (χ2v) is 3.90. The van der Waals surface area contributed by atoms with Gasteiger partial charge in [-0.3, -0.25) is 4.68 Å². The maximum Gasteiger partial charge on any atom is 0.208 e. The maximum atomic E-state index is 5.68. The first kappa shape index (κ1) is 11.9. The molecule has 0 atom stereocenters. The molecule has 92 valence electrons. The summed E-state index contributed by atoms with van der Waals surface area (Å²) in [6, 6.07) is 2.04. The quantitative estimate of drug-likeness (QED) is 0.856. The van der Waals surface area contributed by atoms with Gasteiger partial charge in [0.2, 0.25) is 5.89 Å². The highest BCUT2D eigenvalue weighted by molar-refractivity contribution is 5.51. The van der Waals surface area contributed by atoms with Crippen molar-refractivity contribution in [2.24, 2.45) is 7.05 Å². The van der Waals surface area contributed by atoms with Crippen molar-refractivity contribution in [2.45, 2.75) is 26.8 Å². The summed E-state index contributed by atoms with van der Waals surface area (Å²) in [5.74, 6) is 1.48. The third kappa shape index (κ3) is 2.55. The average molecular weight is 234 g/mol. The van der Waals surface area contributed by atoms with Crippen LogP contribution in [0.25, 0.3) is 11.5 Å². The van der Waals surface area contributed by atoms with Crippen LogP contribution in [0.5, 0.6) is 0 Å². The Kier molecular flexibility index (Phi) is 3.58. The molecule has 5 heteroatoms. The van der Waals surface area contributed by atoms with Gasteiger partial charge in [0.05, 0.1) is 18.4 Å². The molecule has 0 bridgehead atoms. The van der Waals surface area contributed by atoms with Crippen molar-refractivity contribution in [1.82, 2.24) is 20.1 Å². The number of oxazole rings is 1. The van der Waals surface area contributed by atoms with E-state index >= 15 is 0 Å². The van der Waals surface area contributed by atoms with Gasteiger partial charge in [0.15, 0.2) is 5.76 Å². The van der Waals surface area contributed by atoms with Gasteiger partial charge in [0, 0.05) is 7.05 Å². The molecular weight excluding hydrogens is 216 g/mol. The monoisotopic (exact) mass is 234 g/mol. The minimum absolute atomic E-state index is 0.662. The van der Waals surface area contributed by atoms with Crippen molar-refractivity contribution in [2.75, 3.05) is 6.54 Å². The Morgan fingerprint density at radius 1 is 1.41 bits per heavy atom. The van der Waals surface area contributed by atoms with Crippen LogP contribution in [-0.2, 0) is 20.0 Å². The molecule has 0 aliphatic heterocycles. The van der Waals surface area contributed by atoms with Crippen LogP contribution in [0.15, 0.2) is 16.7 Å². The molecule has 0 aliphatic carbocycles. The second kappa shape index (κ2) is 5.14. The van der Waals surface area contributed by atoms with E-state index in [1.165, 1.54) is 0 Å². The minimum Gasteiger partial charge on any atom is -0.438 e. The first-order valence-electron chi connectivity index (χ1n) is 5.93. The Morgan fingerprint density at radius 3 is 2.88 bits per heavy atom. The smallest absolute Gasteiger partial charge is 0.208 e. The summed E-state index contributed by atoms with van der Waals surface area (Å²) in [6.45, 7) is 5.71. The Bertz CT molecular complexity index is 486. The van der Waals surface area contributed by atoms with E-state index in [0.717, 1.165) is 30.1 Å². The number of hydrogen-bond donors (Lipinski definition) is 1. The summed E-state index contributed by atoms with van der Waals surface area (Å²) in [4.78, 5) is 4.24. The predicted octanol–water partition coefficient (Wildman–Crippen LogP) is 1.75. The molecule has 0 amide bonds. The Hall–Kier alpha value is -1.62. The molecule has 17 heavy (non-hydrogen) atoms. The zero-order valence-corrected chi connectivity index (χ0v) is 10.5. The van der Waals surface area contributed by atoms with Gasteiger partial charge in [-0.25, -0.2) is 4.98 Å². The van der Waals surface area contributed by atoms with Gasteiger partial charge in [-0.1, -0.05) is 13.8 Å². The molecule has 0 aromatic carbocycles. The van der Waals surface area contributed by atoms with E-state index in [2.05, 4.69) is 29.2 Å². The van der Waals surface area contributed by atoms with E-state index < -0.39 is 0 Å². The van der Waals surface area contributed by atoms with E-state index in [0.29, 0.717) is 12.4 Å². The number of nitrogens with one attached hydrogen (secondary N) is 1. The van der Waals surface area contributed by atoms with E-state index in [4.69, 9.17) is 4.42 Å². The molecule has 0 aliphatic rings. The standard InChI is InChI=1S/C12H18N4O/c1-4-9-6-10(16(3)15-9)11-7-14-12(17-11)8-13-5-2/h6-7,13H,4-5,8H2,1-3H3. The van der Waals surface area contributed by atoms with Crippen molar-refractivity contribution in [3.05, 3.63) is 23.8 Å². The van der Waals surface area contributed by atoms with Gasteiger partial charge in [-0.2, -0.15) is 5.10 Å². The highest BCUT2D eigenvalue weighted by Gasteiger charge is 2.11. The lowest BCUT2D eigenvalue weighted by molar-refractivity contribution is 0.479. The number of rotatable bonds is 5. The molecule has 0 saturated carbocycles. The zero-order chi connectivity index (χ0) is 12.3. The highest BCUT2D eigenvalue weighted by Crippen LogP contribution is 2.21. The number of aromatic nitrogens is 3. The molecule has 5 nitrogen and oxygen atoms in total. The molecule has 0 unspecified atom stereocenters. The Labute approximate surface area is 101 Å². The van der Waals surface area contributed by atoms with Crippen molar-refractivity contribution in [3.63, 3.8) is 0 Å². The predicted molar refractivity (Wildman–Crippen MR) is 65.5 cm³/mol. The van der Waals surface area contributed by atoms with Crippen molar-refractivity contribution in [1.29, 1.82) is 0 Å². The van der Waals surface area contributed by atoms with Gasteiger partial charge in [0.25, 0.3) is 0 Å². The van der Waals surface area contributed by atoms with E-state index in [-0.39, 0.29) is 0 Å². The van der Waals surface area contributed by atoms with E-state index in [9.17, 15) is 0 Å². The maximum absolute atomic E-state index is 5.68. The van der Waals surface area contributed by atoms with Crippen LogP contribution in [0.2, 0.25) is 0 Å². The fraction of sp³-hybridized carbons (Fsp3) is 0.500. The van der Waals surface area contributed by atoms with Gasteiger partial charge >= 0.3 is 0 Å². The molecule has 2 aromatic rings. The van der Waals surface area contributed by atoms with Gasteiger partial charge in [-0.15, -0.1) is 0 Å². The first-order chi connectivity index (χ1) is 8.24. The van der Waals surface area contributed by atoms with Gasteiger partial charge in [-0.05, 0) is 19.0 Å². The van der Waals surface area contributed by atoms with Gasteiger partial charge < -0.3 is 9.73 Å². The molecule has 0 radical (unpaired) electrons. The van der Waals surface area contributed by atoms with Crippen LogP contribution in [0.3, 0.4) is 0 Å². The van der Waals surface area contributed by atoms with Gasteiger partial charge in [0.1, 0.15) is 5.69 Å². The number of nitrogens with zero attached hydrogens (tertiary/aromatic N) is 3.